The van der Waals surface area contributed by atoms with Crippen LogP contribution in [0.2, 0.25) is 0 Å². The standard InChI is InChI=1S/C12H14BrFN4/c1-18-7-16-6-12(18)11(17-15)4-8-2-3-9(14)5-10(8)13/h2-3,5-7,11,17H,4,15H2,1H3. The molecule has 0 bridgehead atoms. The number of hydrogen-bond acceptors (Lipinski definition) is 3. The fourth-order valence-corrected chi connectivity index (χ4v) is 2.37. The minimum atomic E-state index is -0.261. The molecule has 18 heavy (non-hydrogen) atoms. The Kier molecular flexibility index (Phi) is 4.11. The second kappa shape index (κ2) is 5.60. The molecule has 0 amide bonds. The van der Waals surface area contributed by atoms with E-state index in [9.17, 15) is 4.39 Å². The predicted octanol–water partition coefficient (Wildman–Crippen LogP) is 2.07. The highest BCUT2D eigenvalue weighted by atomic mass is 79.9. The number of hydrazine groups is 1. The summed E-state index contributed by atoms with van der Waals surface area (Å²) in [5, 5.41) is 0. The van der Waals surface area contributed by atoms with E-state index in [-0.39, 0.29) is 11.9 Å². The van der Waals surface area contributed by atoms with E-state index in [0.29, 0.717) is 6.42 Å². The van der Waals surface area contributed by atoms with Gasteiger partial charge in [-0.2, -0.15) is 0 Å². The van der Waals surface area contributed by atoms with Crippen molar-refractivity contribution in [2.24, 2.45) is 12.9 Å². The van der Waals surface area contributed by atoms with E-state index in [2.05, 4.69) is 26.3 Å². The summed E-state index contributed by atoms with van der Waals surface area (Å²) in [6, 6.07) is 4.57. The normalized spacial score (nSPS) is 12.7. The Morgan fingerprint density at radius 1 is 1.56 bits per heavy atom. The van der Waals surface area contributed by atoms with Crippen LogP contribution in [0.25, 0.3) is 0 Å². The third-order valence-corrected chi connectivity index (χ3v) is 3.59. The van der Waals surface area contributed by atoms with Gasteiger partial charge in [0, 0.05) is 17.7 Å². The van der Waals surface area contributed by atoms with Crippen LogP contribution in [0.15, 0.2) is 35.2 Å². The van der Waals surface area contributed by atoms with Gasteiger partial charge in [0.05, 0.1) is 18.1 Å². The van der Waals surface area contributed by atoms with Gasteiger partial charge in [0.1, 0.15) is 5.82 Å². The molecule has 0 aliphatic rings. The number of imidazole rings is 1. The van der Waals surface area contributed by atoms with E-state index < -0.39 is 0 Å². The molecule has 6 heteroatoms. The van der Waals surface area contributed by atoms with Crippen LogP contribution in [-0.4, -0.2) is 9.55 Å². The summed E-state index contributed by atoms with van der Waals surface area (Å²) in [6.07, 6.45) is 4.14. The Morgan fingerprint density at radius 3 is 2.89 bits per heavy atom. The smallest absolute Gasteiger partial charge is 0.124 e. The number of benzene rings is 1. The monoisotopic (exact) mass is 312 g/mol. The van der Waals surface area contributed by atoms with Crippen molar-refractivity contribution in [1.29, 1.82) is 0 Å². The lowest BCUT2D eigenvalue weighted by molar-refractivity contribution is 0.520. The molecule has 0 fully saturated rings. The van der Waals surface area contributed by atoms with Crippen molar-refractivity contribution in [3.63, 3.8) is 0 Å². The highest BCUT2D eigenvalue weighted by Crippen LogP contribution is 2.24. The zero-order chi connectivity index (χ0) is 13.1. The lowest BCUT2D eigenvalue weighted by atomic mass is 10.0. The number of aromatic nitrogens is 2. The van der Waals surface area contributed by atoms with Gasteiger partial charge in [-0.1, -0.05) is 22.0 Å². The van der Waals surface area contributed by atoms with Gasteiger partial charge in [-0.3, -0.25) is 11.3 Å². The summed E-state index contributed by atoms with van der Waals surface area (Å²) in [5.41, 5.74) is 4.73. The number of hydrogen-bond donors (Lipinski definition) is 2. The SMILES string of the molecule is Cn1cncc1C(Cc1ccc(F)cc1Br)NN. The van der Waals surface area contributed by atoms with Gasteiger partial charge < -0.3 is 4.57 Å². The molecule has 0 aliphatic heterocycles. The summed E-state index contributed by atoms with van der Waals surface area (Å²) in [7, 11) is 1.91. The van der Waals surface area contributed by atoms with Gasteiger partial charge in [0.25, 0.3) is 0 Å². The Hall–Kier alpha value is -1.24. The number of nitrogens with two attached hydrogens (primary N) is 1. The van der Waals surface area contributed by atoms with E-state index in [1.807, 2.05) is 11.6 Å². The molecule has 0 saturated heterocycles. The molecule has 0 aliphatic carbocycles. The highest BCUT2D eigenvalue weighted by molar-refractivity contribution is 9.10. The number of aryl methyl sites for hydroxylation is 1. The van der Waals surface area contributed by atoms with Crippen LogP contribution < -0.4 is 11.3 Å². The van der Waals surface area contributed by atoms with Crippen molar-refractivity contribution in [3.05, 3.63) is 52.3 Å². The van der Waals surface area contributed by atoms with Crippen LogP contribution in [0.4, 0.5) is 4.39 Å². The molecule has 0 spiro atoms. The van der Waals surface area contributed by atoms with Crippen molar-refractivity contribution < 1.29 is 4.39 Å². The number of nitrogens with zero attached hydrogens (tertiary/aromatic N) is 2. The Labute approximate surface area is 113 Å². The fraction of sp³-hybridized carbons (Fsp3) is 0.250. The second-order valence-corrected chi connectivity index (χ2v) is 4.94. The van der Waals surface area contributed by atoms with Crippen LogP contribution in [0.5, 0.6) is 0 Å². The molecule has 2 rings (SSSR count). The highest BCUT2D eigenvalue weighted by Gasteiger charge is 2.15. The maximum Gasteiger partial charge on any atom is 0.124 e. The van der Waals surface area contributed by atoms with Crippen LogP contribution >= 0.6 is 15.9 Å². The lowest BCUT2D eigenvalue weighted by Gasteiger charge is -2.17. The average Bonchev–Trinajstić information content (AvgIpc) is 2.75. The maximum absolute atomic E-state index is 13.0. The maximum atomic E-state index is 13.0. The second-order valence-electron chi connectivity index (χ2n) is 4.09. The first kappa shape index (κ1) is 13.2. The largest absolute Gasteiger partial charge is 0.336 e. The Balaban J connectivity index is 2.23. The van der Waals surface area contributed by atoms with E-state index in [1.54, 1.807) is 18.6 Å². The van der Waals surface area contributed by atoms with Crippen LogP contribution in [-0.2, 0) is 13.5 Å². The molecular weight excluding hydrogens is 299 g/mol. The Bertz CT molecular complexity index is 541. The molecule has 1 atom stereocenters. The molecule has 1 aromatic carbocycles. The van der Waals surface area contributed by atoms with Crippen LogP contribution in [0.1, 0.15) is 17.3 Å². The van der Waals surface area contributed by atoms with Gasteiger partial charge in [0.2, 0.25) is 0 Å². The van der Waals surface area contributed by atoms with E-state index in [1.165, 1.54) is 12.1 Å². The van der Waals surface area contributed by atoms with Gasteiger partial charge in [-0.15, -0.1) is 0 Å². The van der Waals surface area contributed by atoms with Gasteiger partial charge in [-0.25, -0.2) is 9.37 Å². The molecule has 2 aromatic rings. The lowest BCUT2D eigenvalue weighted by Crippen LogP contribution is -2.31. The van der Waals surface area contributed by atoms with Crippen molar-refractivity contribution in [2.75, 3.05) is 0 Å². The minimum absolute atomic E-state index is 0.0701. The Morgan fingerprint density at radius 2 is 2.33 bits per heavy atom. The van der Waals surface area contributed by atoms with Crippen molar-refractivity contribution in [1.82, 2.24) is 15.0 Å². The van der Waals surface area contributed by atoms with Gasteiger partial charge in [-0.05, 0) is 24.1 Å². The van der Waals surface area contributed by atoms with Crippen molar-refractivity contribution >= 4 is 15.9 Å². The molecular formula is C12H14BrFN4. The summed E-state index contributed by atoms with van der Waals surface area (Å²) < 4.78 is 15.7. The third kappa shape index (κ3) is 2.77. The molecule has 3 N–H and O–H groups in total. The zero-order valence-corrected chi connectivity index (χ0v) is 11.5. The quantitative estimate of drug-likeness (QED) is 0.671. The summed E-state index contributed by atoms with van der Waals surface area (Å²) in [4.78, 5) is 4.06. The van der Waals surface area contributed by atoms with E-state index >= 15 is 0 Å². The summed E-state index contributed by atoms with van der Waals surface area (Å²) in [5.74, 6) is 5.32. The number of nitrogens with one attached hydrogen (secondary N) is 1. The molecule has 1 aromatic heterocycles. The zero-order valence-electron chi connectivity index (χ0n) is 9.90. The molecule has 96 valence electrons. The first-order valence-corrected chi connectivity index (χ1v) is 6.27. The third-order valence-electron chi connectivity index (χ3n) is 2.85. The molecule has 1 unspecified atom stereocenters. The van der Waals surface area contributed by atoms with Gasteiger partial charge in [0.15, 0.2) is 0 Å². The molecule has 0 saturated carbocycles. The molecule has 4 nitrogen and oxygen atoms in total. The minimum Gasteiger partial charge on any atom is -0.336 e. The van der Waals surface area contributed by atoms with Crippen molar-refractivity contribution in [2.45, 2.75) is 12.5 Å². The first-order valence-electron chi connectivity index (χ1n) is 5.48. The summed E-state index contributed by atoms with van der Waals surface area (Å²) in [6.45, 7) is 0. The summed E-state index contributed by atoms with van der Waals surface area (Å²) >= 11 is 3.36. The first-order chi connectivity index (χ1) is 8.61. The van der Waals surface area contributed by atoms with Gasteiger partial charge >= 0.3 is 0 Å². The van der Waals surface area contributed by atoms with Crippen LogP contribution in [0, 0.1) is 5.82 Å². The fourth-order valence-electron chi connectivity index (χ4n) is 1.86. The topological polar surface area (TPSA) is 55.9 Å². The predicted molar refractivity (Wildman–Crippen MR) is 71.1 cm³/mol. The average molecular weight is 313 g/mol. The number of rotatable bonds is 4. The van der Waals surface area contributed by atoms with E-state index in [4.69, 9.17) is 5.84 Å². The van der Waals surface area contributed by atoms with Crippen LogP contribution in [0.3, 0.4) is 0 Å². The number of halogens is 2. The molecule has 1 heterocycles. The van der Waals surface area contributed by atoms with Crippen molar-refractivity contribution in [3.8, 4) is 0 Å². The van der Waals surface area contributed by atoms with E-state index in [0.717, 1.165) is 15.7 Å². The molecule has 0 radical (unpaired) electrons.